The number of anilines is 1. The normalized spacial score (nSPS) is 17.6. The zero-order valence-corrected chi connectivity index (χ0v) is 11.2. The van der Waals surface area contributed by atoms with Gasteiger partial charge in [0, 0.05) is 30.4 Å². The van der Waals surface area contributed by atoms with Gasteiger partial charge in [0.15, 0.2) is 0 Å². The van der Waals surface area contributed by atoms with Gasteiger partial charge in [-0.1, -0.05) is 13.8 Å². The molecule has 2 heterocycles. The van der Waals surface area contributed by atoms with Gasteiger partial charge in [-0.05, 0) is 12.8 Å². The van der Waals surface area contributed by atoms with Gasteiger partial charge in [-0.15, -0.1) is 11.8 Å². The number of hydrogen-bond donors (Lipinski definition) is 1. The number of nitrogen functional groups attached to an aromatic ring is 1. The molecule has 0 aliphatic carbocycles. The largest absolute Gasteiger partial charge is 0.384 e. The quantitative estimate of drug-likeness (QED) is 0.838. The van der Waals surface area contributed by atoms with E-state index in [1.807, 2.05) is 6.07 Å². The van der Waals surface area contributed by atoms with E-state index in [-0.39, 0.29) is 0 Å². The van der Waals surface area contributed by atoms with Gasteiger partial charge < -0.3 is 10.5 Å². The van der Waals surface area contributed by atoms with E-state index in [0.717, 1.165) is 36.9 Å². The highest BCUT2D eigenvalue weighted by Gasteiger charge is 2.17. The van der Waals surface area contributed by atoms with Gasteiger partial charge in [-0.3, -0.25) is 0 Å². The van der Waals surface area contributed by atoms with Crippen LogP contribution in [0.1, 0.15) is 38.4 Å². The van der Waals surface area contributed by atoms with Crippen molar-refractivity contribution in [1.29, 1.82) is 0 Å². The molecule has 0 radical (unpaired) electrons. The van der Waals surface area contributed by atoms with Gasteiger partial charge in [0.25, 0.3) is 0 Å². The van der Waals surface area contributed by atoms with Gasteiger partial charge in [-0.25, -0.2) is 9.97 Å². The maximum absolute atomic E-state index is 5.81. The molecule has 1 aromatic rings. The predicted molar refractivity (Wildman–Crippen MR) is 70.2 cm³/mol. The van der Waals surface area contributed by atoms with Crippen LogP contribution in [0.3, 0.4) is 0 Å². The molecule has 1 aromatic heterocycles. The molecule has 1 fully saturated rings. The number of ether oxygens (including phenoxy) is 1. The SMILES string of the molecule is CC(C)c1nc(N)cc(SC2CCOCC2)n1. The summed E-state index contributed by atoms with van der Waals surface area (Å²) < 4.78 is 5.35. The number of hydrogen-bond acceptors (Lipinski definition) is 5. The number of nitrogens with two attached hydrogens (primary N) is 1. The Morgan fingerprint density at radius 1 is 1.35 bits per heavy atom. The summed E-state index contributed by atoms with van der Waals surface area (Å²) in [6.07, 6.45) is 2.18. The fourth-order valence-corrected chi connectivity index (χ4v) is 2.85. The predicted octanol–water partition coefficient (Wildman–Crippen LogP) is 2.45. The molecular weight excluding hydrogens is 234 g/mol. The molecule has 0 unspecified atom stereocenters. The van der Waals surface area contributed by atoms with Crippen LogP contribution in [0.5, 0.6) is 0 Å². The summed E-state index contributed by atoms with van der Waals surface area (Å²) >= 11 is 1.80. The Balaban J connectivity index is 2.09. The minimum absolute atomic E-state index is 0.313. The summed E-state index contributed by atoms with van der Waals surface area (Å²) in [5.74, 6) is 1.71. The van der Waals surface area contributed by atoms with Crippen molar-refractivity contribution in [3.05, 3.63) is 11.9 Å². The van der Waals surface area contributed by atoms with E-state index in [4.69, 9.17) is 10.5 Å². The standard InChI is InChI=1S/C12H19N3OS/c1-8(2)12-14-10(13)7-11(15-12)17-9-3-5-16-6-4-9/h7-9H,3-6H2,1-2H3,(H2,13,14,15). The molecule has 17 heavy (non-hydrogen) atoms. The summed E-state index contributed by atoms with van der Waals surface area (Å²) in [4.78, 5) is 8.81. The highest BCUT2D eigenvalue weighted by Crippen LogP contribution is 2.29. The lowest BCUT2D eigenvalue weighted by molar-refractivity contribution is 0.1000. The van der Waals surface area contributed by atoms with Crippen LogP contribution in [0, 0.1) is 0 Å². The van der Waals surface area contributed by atoms with Crippen molar-refractivity contribution in [2.45, 2.75) is 42.9 Å². The first kappa shape index (κ1) is 12.6. The molecule has 1 aliphatic heterocycles. The zero-order valence-electron chi connectivity index (χ0n) is 10.3. The van der Waals surface area contributed by atoms with E-state index < -0.39 is 0 Å². The van der Waals surface area contributed by atoms with Crippen LogP contribution in [-0.2, 0) is 4.74 Å². The Morgan fingerprint density at radius 3 is 2.71 bits per heavy atom. The third-order valence-electron chi connectivity index (χ3n) is 2.71. The summed E-state index contributed by atoms with van der Waals surface area (Å²) in [5.41, 5.74) is 5.81. The van der Waals surface area contributed by atoms with E-state index >= 15 is 0 Å². The molecule has 0 amide bonds. The Hall–Kier alpha value is -0.810. The Morgan fingerprint density at radius 2 is 2.06 bits per heavy atom. The van der Waals surface area contributed by atoms with Gasteiger partial charge in [-0.2, -0.15) is 0 Å². The lowest BCUT2D eigenvalue weighted by Gasteiger charge is -2.21. The van der Waals surface area contributed by atoms with E-state index in [1.165, 1.54) is 0 Å². The molecule has 2 rings (SSSR count). The maximum atomic E-state index is 5.81. The van der Waals surface area contributed by atoms with Crippen molar-refractivity contribution in [3.63, 3.8) is 0 Å². The zero-order chi connectivity index (χ0) is 12.3. The first-order chi connectivity index (χ1) is 8.15. The van der Waals surface area contributed by atoms with Crippen LogP contribution in [-0.4, -0.2) is 28.4 Å². The average Bonchev–Trinajstić information content (AvgIpc) is 2.29. The van der Waals surface area contributed by atoms with Crippen LogP contribution < -0.4 is 5.73 Å². The fraction of sp³-hybridized carbons (Fsp3) is 0.667. The molecule has 5 heteroatoms. The van der Waals surface area contributed by atoms with Gasteiger partial charge in [0.2, 0.25) is 0 Å². The average molecular weight is 253 g/mol. The summed E-state index contributed by atoms with van der Waals surface area (Å²) in [5, 5.41) is 1.59. The first-order valence-electron chi connectivity index (χ1n) is 6.04. The van der Waals surface area contributed by atoms with Crippen molar-refractivity contribution in [1.82, 2.24) is 9.97 Å². The highest BCUT2D eigenvalue weighted by atomic mass is 32.2. The molecule has 0 atom stereocenters. The third kappa shape index (κ3) is 3.57. The van der Waals surface area contributed by atoms with Crippen LogP contribution in [0.15, 0.2) is 11.1 Å². The van der Waals surface area contributed by atoms with E-state index in [9.17, 15) is 0 Å². The Kier molecular flexibility index (Phi) is 4.23. The minimum Gasteiger partial charge on any atom is -0.384 e. The van der Waals surface area contributed by atoms with Gasteiger partial charge >= 0.3 is 0 Å². The van der Waals surface area contributed by atoms with Crippen molar-refractivity contribution in [3.8, 4) is 0 Å². The van der Waals surface area contributed by atoms with Crippen LogP contribution in [0.2, 0.25) is 0 Å². The molecule has 1 saturated heterocycles. The second-order valence-corrected chi connectivity index (χ2v) is 5.89. The van der Waals surface area contributed by atoms with Gasteiger partial charge in [0.1, 0.15) is 16.7 Å². The highest BCUT2D eigenvalue weighted by molar-refractivity contribution is 7.99. The Bertz CT molecular complexity index is 378. The second kappa shape index (κ2) is 5.69. The topological polar surface area (TPSA) is 61.0 Å². The van der Waals surface area contributed by atoms with Crippen molar-refractivity contribution in [2.75, 3.05) is 18.9 Å². The van der Waals surface area contributed by atoms with E-state index in [1.54, 1.807) is 11.8 Å². The third-order valence-corrected chi connectivity index (χ3v) is 3.97. The monoisotopic (exact) mass is 253 g/mol. The van der Waals surface area contributed by atoms with Crippen molar-refractivity contribution in [2.24, 2.45) is 0 Å². The lowest BCUT2D eigenvalue weighted by Crippen LogP contribution is -2.17. The van der Waals surface area contributed by atoms with E-state index in [2.05, 4.69) is 23.8 Å². The fourth-order valence-electron chi connectivity index (χ4n) is 1.74. The molecule has 0 saturated carbocycles. The first-order valence-corrected chi connectivity index (χ1v) is 6.92. The smallest absolute Gasteiger partial charge is 0.134 e. The molecule has 2 N–H and O–H groups in total. The number of thioether (sulfide) groups is 1. The number of aromatic nitrogens is 2. The summed E-state index contributed by atoms with van der Waals surface area (Å²) in [7, 11) is 0. The molecule has 94 valence electrons. The molecule has 1 aliphatic rings. The molecule has 0 bridgehead atoms. The van der Waals surface area contributed by atoms with Crippen molar-refractivity contribution < 1.29 is 4.74 Å². The lowest BCUT2D eigenvalue weighted by atomic mass is 10.2. The summed E-state index contributed by atoms with van der Waals surface area (Å²) in [6, 6.07) is 1.87. The Labute approximate surface area is 106 Å². The number of rotatable bonds is 3. The molecule has 4 nitrogen and oxygen atoms in total. The van der Waals surface area contributed by atoms with Gasteiger partial charge in [0.05, 0.1) is 0 Å². The van der Waals surface area contributed by atoms with Crippen molar-refractivity contribution >= 4 is 17.6 Å². The maximum Gasteiger partial charge on any atom is 0.134 e. The van der Waals surface area contributed by atoms with E-state index in [0.29, 0.717) is 17.0 Å². The second-order valence-electron chi connectivity index (χ2n) is 4.57. The molecular formula is C12H19N3OS. The minimum atomic E-state index is 0.313. The molecule has 0 spiro atoms. The van der Waals surface area contributed by atoms with Crippen LogP contribution in [0.4, 0.5) is 5.82 Å². The number of nitrogens with zero attached hydrogens (tertiary/aromatic N) is 2. The molecule has 0 aromatic carbocycles. The summed E-state index contributed by atoms with van der Waals surface area (Å²) in [6.45, 7) is 5.87. The van der Waals surface area contributed by atoms with Crippen LogP contribution in [0.25, 0.3) is 0 Å². The van der Waals surface area contributed by atoms with Crippen LogP contribution >= 0.6 is 11.8 Å².